The second kappa shape index (κ2) is 7.91. The predicted molar refractivity (Wildman–Crippen MR) is 75.3 cm³/mol. The minimum atomic E-state index is -1.42. The molecule has 0 amide bonds. The molecule has 1 aromatic rings. The van der Waals surface area contributed by atoms with Crippen LogP contribution in [0.15, 0.2) is 24.5 Å². The highest BCUT2D eigenvalue weighted by Gasteiger charge is 2.21. The number of aromatic nitrogens is 1. The summed E-state index contributed by atoms with van der Waals surface area (Å²) >= 11 is 3.42. The molecule has 0 aliphatic carbocycles. The Labute approximate surface area is 118 Å². The molecule has 19 heavy (non-hydrogen) atoms. The van der Waals surface area contributed by atoms with E-state index in [0.29, 0.717) is 6.04 Å². The molecule has 104 valence electrons. The van der Waals surface area contributed by atoms with Gasteiger partial charge in [-0.05, 0) is 38.1 Å². The molecule has 0 aromatic carbocycles. The van der Waals surface area contributed by atoms with Gasteiger partial charge >= 0.3 is 5.97 Å². The molecule has 1 aliphatic rings. The lowest BCUT2D eigenvalue weighted by molar-refractivity contribution is -0.147. The number of pyridine rings is 1. The summed E-state index contributed by atoms with van der Waals surface area (Å²) in [5, 5.41) is 7.78. The number of aliphatic carboxylic acids is 1. The molecule has 6 heteroatoms. The van der Waals surface area contributed by atoms with Gasteiger partial charge in [0.05, 0.1) is 5.75 Å². The minimum Gasteiger partial charge on any atom is -0.475 e. The standard InChI is InChI=1S/C10H14N2.C3H4O3S/c1-12-7-3-5-10(12)9-4-2-6-11-8-9;4-2(1-7)3(5)6/h2,4,6,8,10H,3,5,7H2,1H3;7H,1H2,(H,5,6)/t10-;/m0./s1. The van der Waals surface area contributed by atoms with E-state index in [9.17, 15) is 9.59 Å². The van der Waals surface area contributed by atoms with Gasteiger partial charge in [0.25, 0.3) is 0 Å². The van der Waals surface area contributed by atoms with Crippen LogP contribution in [0.4, 0.5) is 0 Å². The first kappa shape index (κ1) is 15.7. The summed E-state index contributed by atoms with van der Waals surface area (Å²) in [6.07, 6.45) is 6.41. The fourth-order valence-corrected chi connectivity index (χ4v) is 2.11. The molecule has 2 rings (SSSR count). The molecule has 1 fully saturated rings. The van der Waals surface area contributed by atoms with E-state index in [1.165, 1.54) is 24.9 Å². The van der Waals surface area contributed by atoms with Crippen molar-refractivity contribution in [3.63, 3.8) is 0 Å². The number of carbonyl (C=O) groups excluding carboxylic acids is 1. The second-order valence-corrected chi connectivity index (χ2v) is 4.63. The average molecular weight is 282 g/mol. The molecular weight excluding hydrogens is 264 g/mol. The maximum atomic E-state index is 9.84. The quantitative estimate of drug-likeness (QED) is 0.648. The zero-order valence-electron chi connectivity index (χ0n) is 10.8. The van der Waals surface area contributed by atoms with E-state index in [-0.39, 0.29) is 5.75 Å². The number of nitrogens with zero attached hydrogens (tertiary/aromatic N) is 2. The van der Waals surface area contributed by atoms with Crippen LogP contribution in [-0.4, -0.2) is 46.1 Å². The van der Waals surface area contributed by atoms with Gasteiger partial charge in [0.1, 0.15) is 0 Å². The third-order valence-electron chi connectivity index (χ3n) is 2.97. The molecule has 0 unspecified atom stereocenters. The van der Waals surface area contributed by atoms with Gasteiger partial charge in [-0.25, -0.2) is 4.79 Å². The predicted octanol–water partition coefficient (Wildman–Crippen LogP) is 1.42. The highest BCUT2D eigenvalue weighted by atomic mass is 32.1. The maximum Gasteiger partial charge on any atom is 0.373 e. The fourth-order valence-electron chi connectivity index (χ4n) is 1.97. The van der Waals surface area contributed by atoms with Gasteiger partial charge in [-0.15, -0.1) is 0 Å². The van der Waals surface area contributed by atoms with Crippen LogP contribution >= 0.6 is 12.6 Å². The SMILES string of the molecule is CN1CCC[C@H]1c1cccnc1.O=C(O)C(=O)CS. The van der Waals surface area contributed by atoms with Crippen molar-refractivity contribution in [2.75, 3.05) is 19.3 Å². The Morgan fingerprint density at radius 2 is 2.32 bits per heavy atom. The van der Waals surface area contributed by atoms with Crippen LogP contribution in [0, 0.1) is 0 Å². The molecule has 1 aromatic heterocycles. The van der Waals surface area contributed by atoms with Crippen molar-refractivity contribution in [2.24, 2.45) is 0 Å². The Morgan fingerprint density at radius 1 is 1.58 bits per heavy atom. The fraction of sp³-hybridized carbons (Fsp3) is 0.462. The monoisotopic (exact) mass is 282 g/mol. The molecule has 5 nitrogen and oxygen atoms in total. The van der Waals surface area contributed by atoms with Crippen molar-refractivity contribution in [1.29, 1.82) is 0 Å². The number of likely N-dealkylation sites (tertiary alicyclic amines) is 1. The number of carboxylic acids is 1. The van der Waals surface area contributed by atoms with Crippen molar-refractivity contribution in [1.82, 2.24) is 9.88 Å². The molecule has 0 bridgehead atoms. The highest BCUT2D eigenvalue weighted by molar-refractivity contribution is 7.81. The number of Topliss-reactive ketones (excluding diaryl/α,β-unsaturated/α-hetero) is 1. The molecule has 2 heterocycles. The summed E-state index contributed by atoms with van der Waals surface area (Å²) in [5.74, 6) is -2.52. The molecule has 1 saturated heterocycles. The molecule has 0 spiro atoms. The van der Waals surface area contributed by atoms with E-state index < -0.39 is 11.8 Å². The Kier molecular flexibility index (Phi) is 6.52. The third kappa shape index (κ3) is 5.00. The highest BCUT2D eigenvalue weighted by Crippen LogP contribution is 2.29. The second-order valence-electron chi connectivity index (χ2n) is 4.31. The molecule has 0 saturated carbocycles. The van der Waals surface area contributed by atoms with Crippen molar-refractivity contribution < 1.29 is 14.7 Å². The molecule has 1 N–H and O–H groups in total. The van der Waals surface area contributed by atoms with Crippen LogP contribution in [0.1, 0.15) is 24.4 Å². The van der Waals surface area contributed by atoms with Crippen LogP contribution in [0.3, 0.4) is 0 Å². The van der Waals surface area contributed by atoms with Gasteiger partial charge in [0.2, 0.25) is 5.78 Å². The summed E-state index contributed by atoms with van der Waals surface area (Å²) < 4.78 is 0. The molecule has 1 aliphatic heterocycles. The van der Waals surface area contributed by atoms with Gasteiger partial charge in [0.15, 0.2) is 0 Å². The van der Waals surface area contributed by atoms with Crippen LogP contribution in [0.2, 0.25) is 0 Å². The van der Waals surface area contributed by atoms with E-state index in [0.717, 1.165) is 0 Å². The number of hydrogen-bond donors (Lipinski definition) is 2. The Morgan fingerprint density at radius 3 is 2.68 bits per heavy atom. The van der Waals surface area contributed by atoms with Crippen LogP contribution in [-0.2, 0) is 9.59 Å². The van der Waals surface area contributed by atoms with E-state index in [4.69, 9.17) is 5.11 Å². The van der Waals surface area contributed by atoms with Gasteiger partial charge in [-0.2, -0.15) is 12.6 Å². The van der Waals surface area contributed by atoms with E-state index in [1.54, 1.807) is 0 Å². The number of carboxylic acid groups (broad SMARTS) is 1. The van der Waals surface area contributed by atoms with Crippen molar-refractivity contribution in [2.45, 2.75) is 18.9 Å². The average Bonchev–Trinajstić information content (AvgIpc) is 2.85. The molecule has 0 radical (unpaired) electrons. The summed E-state index contributed by atoms with van der Waals surface area (Å²) in [7, 11) is 2.19. The first-order valence-corrected chi connectivity index (χ1v) is 6.66. The first-order chi connectivity index (χ1) is 9.06. The van der Waals surface area contributed by atoms with Gasteiger partial charge in [-0.3, -0.25) is 14.7 Å². The zero-order valence-corrected chi connectivity index (χ0v) is 11.7. The number of rotatable bonds is 3. The van der Waals surface area contributed by atoms with Crippen LogP contribution in [0.25, 0.3) is 0 Å². The van der Waals surface area contributed by atoms with Crippen molar-refractivity contribution in [3.05, 3.63) is 30.1 Å². The topological polar surface area (TPSA) is 70.5 Å². The van der Waals surface area contributed by atoms with E-state index in [1.807, 2.05) is 18.5 Å². The largest absolute Gasteiger partial charge is 0.475 e. The minimum absolute atomic E-state index is 0.227. The first-order valence-electron chi connectivity index (χ1n) is 6.03. The van der Waals surface area contributed by atoms with Crippen molar-refractivity contribution >= 4 is 24.4 Å². The molecular formula is C13H18N2O3S. The van der Waals surface area contributed by atoms with Crippen LogP contribution < -0.4 is 0 Å². The zero-order chi connectivity index (χ0) is 14.3. The summed E-state index contributed by atoms with van der Waals surface area (Å²) in [5.41, 5.74) is 1.36. The summed E-state index contributed by atoms with van der Waals surface area (Å²) in [4.78, 5) is 25.9. The number of thiol groups is 1. The third-order valence-corrected chi connectivity index (χ3v) is 3.26. The Balaban J connectivity index is 0.000000224. The van der Waals surface area contributed by atoms with E-state index in [2.05, 4.69) is 35.6 Å². The number of hydrogen-bond acceptors (Lipinski definition) is 5. The lowest BCUT2D eigenvalue weighted by Crippen LogP contribution is -2.17. The number of ketones is 1. The van der Waals surface area contributed by atoms with Gasteiger partial charge in [-0.1, -0.05) is 6.07 Å². The normalized spacial score (nSPS) is 18.5. The van der Waals surface area contributed by atoms with Gasteiger partial charge < -0.3 is 5.11 Å². The van der Waals surface area contributed by atoms with E-state index >= 15 is 0 Å². The van der Waals surface area contributed by atoms with Crippen LogP contribution in [0.5, 0.6) is 0 Å². The van der Waals surface area contributed by atoms with Crippen molar-refractivity contribution in [3.8, 4) is 0 Å². The Bertz CT molecular complexity index is 425. The summed E-state index contributed by atoms with van der Waals surface area (Å²) in [6, 6.07) is 4.79. The molecule has 1 atom stereocenters. The lowest BCUT2D eigenvalue weighted by atomic mass is 10.1. The number of carbonyl (C=O) groups is 2. The Hall–Kier alpha value is -1.40. The lowest BCUT2D eigenvalue weighted by Gasteiger charge is -2.18. The van der Waals surface area contributed by atoms with Gasteiger partial charge in [0, 0.05) is 18.4 Å². The maximum absolute atomic E-state index is 9.84. The summed E-state index contributed by atoms with van der Waals surface area (Å²) in [6.45, 7) is 1.22. The smallest absolute Gasteiger partial charge is 0.373 e.